The third-order valence-electron chi connectivity index (χ3n) is 3.57. The first kappa shape index (κ1) is 12.4. The van der Waals surface area contributed by atoms with Crippen LogP contribution in [0.3, 0.4) is 0 Å². The highest BCUT2D eigenvalue weighted by Gasteiger charge is 2.22. The summed E-state index contributed by atoms with van der Waals surface area (Å²) in [5.74, 6) is 0.906. The lowest BCUT2D eigenvalue weighted by atomic mass is 9.93. The maximum absolute atomic E-state index is 2.61. The fourth-order valence-corrected chi connectivity index (χ4v) is 2.87. The van der Waals surface area contributed by atoms with Crippen LogP contribution < -0.4 is 0 Å². The number of benzene rings is 1. The van der Waals surface area contributed by atoms with Gasteiger partial charge in [0.15, 0.2) is 0 Å². The average Bonchev–Trinajstić information content (AvgIpc) is 2.25. The zero-order valence-corrected chi connectivity index (χ0v) is 12.3. The summed E-state index contributed by atoms with van der Waals surface area (Å²) in [6.45, 7) is 7.11. The molecule has 1 aromatic rings. The Balaban J connectivity index is 1.96. The number of likely N-dealkylation sites (tertiary alicyclic amines) is 1. The van der Waals surface area contributed by atoms with Crippen molar-refractivity contribution >= 4 is 22.6 Å². The van der Waals surface area contributed by atoms with Gasteiger partial charge in [0.2, 0.25) is 0 Å². The van der Waals surface area contributed by atoms with Crippen LogP contribution in [-0.4, -0.2) is 17.5 Å². The zero-order valence-electron chi connectivity index (χ0n) is 10.1. The van der Waals surface area contributed by atoms with Gasteiger partial charge in [-0.1, -0.05) is 19.1 Å². The molecule has 0 saturated carbocycles. The highest BCUT2D eigenvalue weighted by molar-refractivity contribution is 14.1. The van der Waals surface area contributed by atoms with Crippen molar-refractivity contribution in [1.82, 2.24) is 4.90 Å². The van der Waals surface area contributed by atoms with Crippen LogP contribution in [0.15, 0.2) is 24.3 Å². The van der Waals surface area contributed by atoms with Crippen molar-refractivity contribution in [3.8, 4) is 0 Å². The molecule has 1 aliphatic rings. The van der Waals surface area contributed by atoms with E-state index in [2.05, 4.69) is 65.6 Å². The van der Waals surface area contributed by atoms with Gasteiger partial charge in [-0.25, -0.2) is 0 Å². The molecule has 2 unspecified atom stereocenters. The molecule has 0 aliphatic carbocycles. The Morgan fingerprint density at radius 2 is 1.94 bits per heavy atom. The van der Waals surface area contributed by atoms with Crippen LogP contribution in [0, 0.1) is 9.49 Å². The van der Waals surface area contributed by atoms with E-state index in [4.69, 9.17) is 0 Å². The normalized spacial score (nSPS) is 26.9. The Hall–Kier alpha value is -0.0900. The summed E-state index contributed by atoms with van der Waals surface area (Å²) in [5, 5.41) is 0. The van der Waals surface area contributed by atoms with E-state index in [9.17, 15) is 0 Å². The first-order valence-electron chi connectivity index (χ1n) is 6.13. The molecule has 0 aromatic heterocycles. The van der Waals surface area contributed by atoms with Gasteiger partial charge < -0.3 is 0 Å². The predicted octanol–water partition coefficient (Wildman–Crippen LogP) is 3.91. The van der Waals surface area contributed by atoms with E-state index in [1.807, 2.05) is 0 Å². The van der Waals surface area contributed by atoms with E-state index in [-0.39, 0.29) is 0 Å². The van der Waals surface area contributed by atoms with E-state index in [0.717, 1.165) is 18.5 Å². The minimum atomic E-state index is 0.739. The summed E-state index contributed by atoms with van der Waals surface area (Å²) in [7, 11) is 0. The molecular formula is C14H20IN. The third kappa shape index (κ3) is 3.20. The van der Waals surface area contributed by atoms with E-state index < -0.39 is 0 Å². The van der Waals surface area contributed by atoms with Gasteiger partial charge in [0, 0.05) is 16.2 Å². The summed E-state index contributed by atoms with van der Waals surface area (Å²) in [6, 6.07) is 9.65. The molecule has 0 bridgehead atoms. The minimum absolute atomic E-state index is 0.739. The van der Waals surface area contributed by atoms with Gasteiger partial charge in [-0.3, -0.25) is 4.90 Å². The summed E-state index contributed by atoms with van der Waals surface area (Å²) < 4.78 is 1.32. The summed E-state index contributed by atoms with van der Waals surface area (Å²) in [5.41, 5.74) is 1.45. The van der Waals surface area contributed by atoms with Crippen molar-refractivity contribution in [3.05, 3.63) is 33.4 Å². The van der Waals surface area contributed by atoms with Gasteiger partial charge in [0.1, 0.15) is 0 Å². The van der Waals surface area contributed by atoms with Crippen LogP contribution in [0.2, 0.25) is 0 Å². The number of piperidine rings is 1. The maximum atomic E-state index is 2.61. The van der Waals surface area contributed by atoms with Gasteiger partial charge in [-0.15, -0.1) is 0 Å². The predicted molar refractivity (Wildman–Crippen MR) is 77.4 cm³/mol. The second-order valence-corrected chi connectivity index (χ2v) is 6.32. The molecule has 1 nitrogen and oxygen atoms in total. The first-order valence-corrected chi connectivity index (χ1v) is 7.21. The summed E-state index contributed by atoms with van der Waals surface area (Å²) >= 11 is 2.36. The largest absolute Gasteiger partial charge is 0.296 e. The topological polar surface area (TPSA) is 3.24 Å². The molecule has 16 heavy (non-hydrogen) atoms. The average molecular weight is 329 g/mol. The molecule has 88 valence electrons. The molecule has 1 heterocycles. The van der Waals surface area contributed by atoms with E-state index >= 15 is 0 Å². The number of hydrogen-bond acceptors (Lipinski definition) is 1. The molecule has 1 aromatic carbocycles. The number of hydrogen-bond donors (Lipinski definition) is 0. The van der Waals surface area contributed by atoms with Crippen LogP contribution >= 0.6 is 22.6 Å². The van der Waals surface area contributed by atoms with Crippen LogP contribution in [0.4, 0.5) is 0 Å². The molecule has 0 amide bonds. The maximum Gasteiger partial charge on any atom is 0.0236 e. The van der Waals surface area contributed by atoms with Gasteiger partial charge in [-0.05, 0) is 72.5 Å². The van der Waals surface area contributed by atoms with Crippen LogP contribution in [0.5, 0.6) is 0 Å². The van der Waals surface area contributed by atoms with Crippen molar-refractivity contribution < 1.29 is 0 Å². The fourth-order valence-electron chi connectivity index (χ4n) is 2.52. The number of rotatable bonds is 2. The van der Waals surface area contributed by atoms with Gasteiger partial charge >= 0.3 is 0 Å². The molecule has 1 fully saturated rings. The highest BCUT2D eigenvalue weighted by Crippen LogP contribution is 2.23. The van der Waals surface area contributed by atoms with Crippen molar-refractivity contribution in [3.63, 3.8) is 0 Å². The lowest BCUT2D eigenvalue weighted by Crippen LogP contribution is -2.39. The van der Waals surface area contributed by atoms with Crippen LogP contribution in [0.1, 0.15) is 32.3 Å². The molecular weight excluding hydrogens is 309 g/mol. The molecule has 1 aliphatic heterocycles. The molecule has 2 heteroatoms. The molecule has 2 rings (SSSR count). The molecule has 0 spiro atoms. The lowest BCUT2D eigenvalue weighted by molar-refractivity contribution is 0.122. The van der Waals surface area contributed by atoms with Crippen molar-refractivity contribution in [2.45, 2.75) is 39.3 Å². The monoisotopic (exact) mass is 329 g/mol. The smallest absolute Gasteiger partial charge is 0.0236 e. The fraction of sp³-hybridized carbons (Fsp3) is 0.571. The number of halogens is 1. The SMILES string of the molecule is CC1CCN(Cc2ccc(I)cc2)C(C)C1. The standard InChI is InChI=1S/C14H20IN/c1-11-7-8-16(12(2)9-11)10-13-3-5-14(15)6-4-13/h3-6,11-12H,7-10H2,1-2H3. The van der Waals surface area contributed by atoms with E-state index in [0.29, 0.717) is 0 Å². The molecule has 0 N–H and O–H groups in total. The lowest BCUT2D eigenvalue weighted by Gasteiger charge is -2.36. The first-order chi connectivity index (χ1) is 7.65. The Bertz CT molecular complexity index is 333. The molecule has 1 saturated heterocycles. The summed E-state index contributed by atoms with van der Waals surface area (Å²) in [6.07, 6.45) is 2.71. The van der Waals surface area contributed by atoms with Crippen molar-refractivity contribution in [2.75, 3.05) is 6.54 Å². The van der Waals surface area contributed by atoms with E-state index in [1.54, 1.807) is 0 Å². The number of nitrogens with zero attached hydrogens (tertiary/aromatic N) is 1. The molecule has 0 radical (unpaired) electrons. The zero-order chi connectivity index (χ0) is 11.5. The third-order valence-corrected chi connectivity index (χ3v) is 4.29. The Morgan fingerprint density at radius 3 is 2.56 bits per heavy atom. The highest BCUT2D eigenvalue weighted by atomic mass is 127. The Kier molecular flexibility index (Phi) is 4.25. The Morgan fingerprint density at radius 1 is 1.25 bits per heavy atom. The van der Waals surface area contributed by atoms with Crippen LogP contribution in [0.25, 0.3) is 0 Å². The minimum Gasteiger partial charge on any atom is -0.296 e. The Labute approximate surface area is 112 Å². The van der Waals surface area contributed by atoms with E-state index in [1.165, 1.54) is 28.5 Å². The second-order valence-electron chi connectivity index (χ2n) is 5.08. The second kappa shape index (κ2) is 5.50. The van der Waals surface area contributed by atoms with Crippen molar-refractivity contribution in [2.24, 2.45) is 5.92 Å². The quantitative estimate of drug-likeness (QED) is 0.744. The van der Waals surface area contributed by atoms with Gasteiger partial charge in [0.25, 0.3) is 0 Å². The molecule has 2 atom stereocenters. The van der Waals surface area contributed by atoms with Gasteiger partial charge in [-0.2, -0.15) is 0 Å². The van der Waals surface area contributed by atoms with Crippen LogP contribution in [-0.2, 0) is 6.54 Å². The van der Waals surface area contributed by atoms with Crippen molar-refractivity contribution in [1.29, 1.82) is 0 Å². The van der Waals surface area contributed by atoms with Gasteiger partial charge in [0.05, 0.1) is 0 Å². The summed E-state index contributed by atoms with van der Waals surface area (Å²) in [4.78, 5) is 2.61.